The molecule has 1 aromatic carbocycles. The molecule has 1 heteroatoms. The molecular weight excluding hydrogens is 268 g/mol. The van der Waals surface area contributed by atoms with E-state index in [-0.39, 0.29) is 16.2 Å². The zero-order chi connectivity index (χ0) is 17.3. The van der Waals surface area contributed by atoms with Crippen molar-refractivity contribution in [3.05, 3.63) is 28.8 Å². The molecule has 1 rings (SSSR count). The molecule has 0 aliphatic heterocycles. The van der Waals surface area contributed by atoms with Crippen molar-refractivity contribution < 1.29 is 5.11 Å². The maximum Gasteiger partial charge on any atom is 0.122 e. The summed E-state index contributed by atoms with van der Waals surface area (Å²) in [6, 6.07) is 4.43. The number of aryl methyl sites for hydroxylation is 1. The molecule has 0 saturated carbocycles. The Bertz CT molecular complexity index is 515. The molecule has 0 aliphatic rings. The summed E-state index contributed by atoms with van der Waals surface area (Å²) < 4.78 is 0. The standard InChI is InChI=1S/C21H36O/c1-10-11-20(6,7)17-13-16(12-15(2)18(17)22)21(8,9)14-19(3,4)5/h12-13,22H,10-11,14H2,1-9H3. The van der Waals surface area contributed by atoms with Gasteiger partial charge in [0.15, 0.2) is 0 Å². The predicted molar refractivity (Wildman–Crippen MR) is 97.9 cm³/mol. The van der Waals surface area contributed by atoms with Gasteiger partial charge in [0.1, 0.15) is 5.75 Å². The summed E-state index contributed by atoms with van der Waals surface area (Å²) in [6.45, 7) is 20.2. The van der Waals surface area contributed by atoms with Gasteiger partial charge in [-0.1, -0.05) is 73.9 Å². The molecule has 0 fully saturated rings. The molecule has 0 aromatic heterocycles. The van der Waals surface area contributed by atoms with Gasteiger partial charge >= 0.3 is 0 Å². The van der Waals surface area contributed by atoms with E-state index in [0.29, 0.717) is 5.75 Å². The number of hydrogen-bond donors (Lipinski definition) is 1. The third-order valence-electron chi connectivity index (χ3n) is 4.66. The van der Waals surface area contributed by atoms with Crippen LogP contribution in [0.15, 0.2) is 12.1 Å². The van der Waals surface area contributed by atoms with E-state index in [9.17, 15) is 5.11 Å². The van der Waals surface area contributed by atoms with Crippen LogP contribution in [0.4, 0.5) is 0 Å². The summed E-state index contributed by atoms with van der Waals surface area (Å²) in [4.78, 5) is 0. The molecule has 0 unspecified atom stereocenters. The fraction of sp³-hybridized carbons (Fsp3) is 0.714. The molecule has 1 nitrogen and oxygen atoms in total. The van der Waals surface area contributed by atoms with Crippen LogP contribution < -0.4 is 0 Å². The molecule has 0 spiro atoms. The van der Waals surface area contributed by atoms with Crippen LogP contribution in [0, 0.1) is 12.3 Å². The summed E-state index contributed by atoms with van der Waals surface area (Å²) in [5.74, 6) is 0.480. The molecule has 1 aromatic rings. The highest BCUT2D eigenvalue weighted by atomic mass is 16.3. The molecule has 0 saturated heterocycles. The summed E-state index contributed by atoms with van der Waals surface area (Å²) in [6.07, 6.45) is 3.34. The first-order valence-corrected chi connectivity index (χ1v) is 8.65. The fourth-order valence-corrected chi connectivity index (χ4v) is 3.87. The zero-order valence-electron chi connectivity index (χ0n) is 16.2. The number of phenolic OH excluding ortho intramolecular Hbond substituents is 1. The van der Waals surface area contributed by atoms with E-state index >= 15 is 0 Å². The second-order valence-electron chi connectivity index (χ2n) is 9.44. The van der Waals surface area contributed by atoms with E-state index in [4.69, 9.17) is 0 Å². The normalized spacial score (nSPS) is 13.5. The van der Waals surface area contributed by atoms with Crippen LogP contribution in [0.2, 0.25) is 0 Å². The van der Waals surface area contributed by atoms with Crippen LogP contribution in [0.25, 0.3) is 0 Å². The topological polar surface area (TPSA) is 20.2 Å². The Kier molecular flexibility index (Phi) is 5.42. The van der Waals surface area contributed by atoms with Gasteiger partial charge in [0, 0.05) is 5.56 Å². The first-order chi connectivity index (χ1) is 9.80. The first-order valence-electron chi connectivity index (χ1n) is 8.65. The summed E-state index contributed by atoms with van der Waals surface area (Å²) in [5.41, 5.74) is 3.85. The van der Waals surface area contributed by atoms with Gasteiger partial charge in [-0.2, -0.15) is 0 Å². The van der Waals surface area contributed by atoms with Crippen molar-refractivity contribution in [2.75, 3.05) is 0 Å². The van der Waals surface area contributed by atoms with Gasteiger partial charge in [-0.3, -0.25) is 0 Å². The van der Waals surface area contributed by atoms with Crippen LogP contribution >= 0.6 is 0 Å². The van der Waals surface area contributed by atoms with Gasteiger partial charge in [0.2, 0.25) is 0 Å². The number of hydrogen-bond acceptors (Lipinski definition) is 1. The van der Waals surface area contributed by atoms with Crippen molar-refractivity contribution in [3.8, 4) is 5.75 Å². The second kappa shape index (κ2) is 6.26. The lowest BCUT2D eigenvalue weighted by Crippen LogP contribution is -2.26. The molecule has 126 valence electrons. The number of benzene rings is 1. The second-order valence-corrected chi connectivity index (χ2v) is 9.44. The van der Waals surface area contributed by atoms with E-state index in [1.54, 1.807) is 0 Å². The average molecular weight is 305 g/mol. The molecule has 22 heavy (non-hydrogen) atoms. The third kappa shape index (κ3) is 4.51. The molecule has 0 amide bonds. The smallest absolute Gasteiger partial charge is 0.122 e. The largest absolute Gasteiger partial charge is 0.507 e. The maximum absolute atomic E-state index is 10.6. The van der Waals surface area contributed by atoms with E-state index in [1.807, 2.05) is 6.92 Å². The van der Waals surface area contributed by atoms with E-state index < -0.39 is 0 Å². The fourth-order valence-electron chi connectivity index (χ4n) is 3.87. The first kappa shape index (κ1) is 19.1. The molecule has 0 aliphatic carbocycles. The van der Waals surface area contributed by atoms with Crippen LogP contribution in [0.3, 0.4) is 0 Å². The van der Waals surface area contributed by atoms with Crippen LogP contribution in [-0.2, 0) is 10.8 Å². The van der Waals surface area contributed by atoms with Crippen molar-refractivity contribution in [2.45, 2.75) is 92.4 Å². The Hall–Kier alpha value is -0.980. The Labute approximate surface area is 138 Å². The van der Waals surface area contributed by atoms with Gasteiger partial charge in [-0.15, -0.1) is 0 Å². The zero-order valence-corrected chi connectivity index (χ0v) is 16.2. The molecule has 1 N–H and O–H groups in total. The Morgan fingerprint density at radius 3 is 1.91 bits per heavy atom. The molecule has 0 radical (unpaired) electrons. The molecule has 0 atom stereocenters. The van der Waals surface area contributed by atoms with Gasteiger partial charge in [0.05, 0.1) is 0 Å². The summed E-state index contributed by atoms with van der Waals surface area (Å²) >= 11 is 0. The average Bonchev–Trinajstić information content (AvgIpc) is 2.28. The van der Waals surface area contributed by atoms with E-state index in [2.05, 4.69) is 67.5 Å². The summed E-state index contributed by atoms with van der Waals surface area (Å²) in [5, 5.41) is 10.6. The number of rotatable bonds is 5. The summed E-state index contributed by atoms with van der Waals surface area (Å²) in [7, 11) is 0. The molecule has 0 heterocycles. The lowest BCUT2D eigenvalue weighted by molar-refractivity contribution is 0.283. The minimum absolute atomic E-state index is 0.0113. The maximum atomic E-state index is 10.6. The minimum atomic E-state index is 0.0113. The van der Waals surface area contributed by atoms with Crippen molar-refractivity contribution in [1.82, 2.24) is 0 Å². The Morgan fingerprint density at radius 1 is 0.909 bits per heavy atom. The van der Waals surface area contributed by atoms with Crippen molar-refractivity contribution >= 4 is 0 Å². The van der Waals surface area contributed by atoms with E-state index in [0.717, 1.165) is 30.4 Å². The van der Waals surface area contributed by atoms with Gasteiger partial charge < -0.3 is 5.11 Å². The highest BCUT2D eigenvalue weighted by molar-refractivity contribution is 5.48. The SMILES string of the molecule is CCCC(C)(C)c1cc(C(C)(C)CC(C)(C)C)cc(C)c1O. The van der Waals surface area contributed by atoms with Crippen molar-refractivity contribution in [2.24, 2.45) is 5.41 Å². The quantitative estimate of drug-likeness (QED) is 0.659. The van der Waals surface area contributed by atoms with Gasteiger partial charge in [-0.25, -0.2) is 0 Å². The van der Waals surface area contributed by atoms with Crippen molar-refractivity contribution in [3.63, 3.8) is 0 Å². The van der Waals surface area contributed by atoms with E-state index in [1.165, 1.54) is 5.56 Å². The Balaban J connectivity index is 3.38. The minimum Gasteiger partial charge on any atom is -0.507 e. The lowest BCUT2D eigenvalue weighted by atomic mass is 9.70. The van der Waals surface area contributed by atoms with Gasteiger partial charge in [0.25, 0.3) is 0 Å². The Morgan fingerprint density at radius 2 is 1.45 bits per heavy atom. The van der Waals surface area contributed by atoms with Crippen LogP contribution in [0.1, 0.15) is 91.3 Å². The molecule has 0 bridgehead atoms. The number of aromatic hydroxyl groups is 1. The van der Waals surface area contributed by atoms with Crippen molar-refractivity contribution in [1.29, 1.82) is 0 Å². The highest BCUT2D eigenvalue weighted by Crippen LogP contribution is 2.42. The third-order valence-corrected chi connectivity index (χ3v) is 4.66. The molecular formula is C21H36O. The predicted octanol–water partition coefficient (Wildman–Crippen LogP) is 6.49. The van der Waals surface area contributed by atoms with Crippen LogP contribution in [0.5, 0.6) is 5.75 Å². The van der Waals surface area contributed by atoms with Crippen LogP contribution in [-0.4, -0.2) is 5.11 Å². The highest BCUT2D eigenvalue weighted by Gasteiger charge is 2.31. The monoisotopic (exact) mass is 304 g/mol. The van der Waals surface area contributed by atoms with Gasteiger partial charge in [-0.05, 0) is 47.1 Å². The lowest BCUT2D eigenvalue weighted by Gasteiger charge is -2.35. The number of phenols is 1.